The molecular weight excluding hydrogens is 390 g/mol. The summed E-state index contributed by atoms with van der Waals surface area (Å²) in [7, 11) is 1.50. The van der Waals surface area contributed by atoms with Gasteiger partial charge < -0.3 is 4.98 Å². The van der Waals surface area contributed by atoms with E-state index in [1.54, 1.807) is 17.1 Å². The highest BCUT2D eigenvalue weighted by Gasteiger charge is 2.39. The first-order valence-corrected chi connectivity index (χ1v) is 10.2. The molecule has 2 aromatic carbocycles. The van der Waals surface area contributed by atoms with Crippen LogP contribution in [0.2, 0.25) is 0 Å². The first-order valence-electron chi connectivity index (χ1n) is 10.2. The van der Waals surface area contributed by atoms with Gasteiger partial charge in [0.05, 0.1) is 17.3 Å². The minimum Gasteiger partial charge on any atom is -0.361 e. The van der Waals surface area contributed by atoms with Crippen LogP contribution in [-0.4, -0.2) is 43.7 Å². The highest BCUT2D eigenvalue weighted by Crippen LogP contribution is 2.37. The van der Waals surface area contributed by atoms with E-state index in [0.29, 0.717) is 28.9 Å². The molecule has 1 aliphatic heterocycles. The molecule has 154 valence electrons. The number of H-pyrrole nitrogens is 1. The zero-order chi connectivity index (χ0) is 21.4. The first-order chi connectivity index (χ1) is 15.1. The number of rotatable bonds is 6. The lowest BCUT2D eigenvalue weighted by Crippen LogP contribution is -2.26. The smallest absolute Gasteiger partial charge is 0.263 e. The van der Waals surface area contributed by atoms with E-state index >= 15 is 0 Å². The molecule has 0 aliphatic carbocycles. The Hall–Kier alpha value is -4.00. The van der Waals surface area contributed by atoms with Gasteiger partial charge in [0.2, 0.25) is 0 Å². The van der Waals surface area contributed by atoms with Gasteiger partial charge >= 0.3 is 0 Å². The van der Waals surface area contributed by atoms with E-state index in [1.165, 1.54) is 12.6 Å². The molecule has 0 spiro atoms. The van der Waals surface area contributed by atoms with Crippen molar-refractivity contribution < 1.29 is 9.59 Å². The van der Waals surface area contributed by atoms with Gasteiger partial charge in [0.15, 0.2) is 0 Å². The molecule has 0 bridgehead atoms. The summed E-state index contributed by atoms with van der Waals surface area (Å²) < 4.78 is 1.73. The van der Waals surface area contributed by atoms with Crippen LogP contribution in [0.3, 0.4) is 0 Å². The van der Waals surface area contributed by atoms with Gasteiger partial charge in [0, 0.05) is 36.3 Å². The molecule has 0 fully saturated rings. The maximum absolute atomic E-state index is 13.0. The van der Waals surface area contributed by atoms with Gasteiger partial charge in [-0.3, -0.25) is 19.2 Å². The number of carbonyl (C=O) groups excluding carboxylic acids is 2. The Morgan fingerprint density at radius 1 is 0.935 bits per heavy atom. The summed E-state index contributed by atoms with van der Waals surface area (Å²) in [5.41, 5.74) is 3.96. The Morgan fingerprint density at radius 2 is 1.68 bits per heavy atom. The van der Waals surface area contributed by atoms with E-state index in [1.807, 2.05) is 42.5 Å². The third-order valence-corrected chi connectivity index (χ3v) is 5.64. The molecule has 7 nitrogen and oxygen atoms in total. The Kier molecular flexibility index (Phi) is 4.71. The largest absolute Gasteiger partial charge is 0.361 e. The predicted molar refractivity (Wildman–Crippen MR) is 118 cm³/mol. The molecule has 0 radical (unpaired) electrons. The van der Waals surface area contributed by atoms with Crippen molar-refractivity contribution in [3.63, 3.8) is 0 Å². The predicted octanol–water partition coefficient (Wildman–Crippen LogP) is 3.30. The van der Waals surface area contributed by atoms with Crippen LogP contribution in [0.15, 0.2) is 67.0 Å². The number of aryl methyl sites for hydroxylation is 2. The number of likely N-dealkylation sites (N-methyl/N-ethyl adjacent to an activating group) is 1. The molecule has 4 aromatic rings. The molecular formula is C24H21N5O2. The number of hydrogen-bond donors (Lipinski definition) is 1. The summed E-state index contributed by atoms with van der Waals surface area (Å²) in [6.45, 7) is 0.676. The number of hydrogen-bond acceptors (Lipinski definition) is 4. The van der Waals surface area contributed by atoms with Crippen LogP contribution >= 0.6 is 0 Å². The lowest BCUT2D eigenvalue weighted by molar-refractivity contribution is -0.134. The number of nitrogens with one attached hydrogen (secondary N) is 1. The average molecular weight is 411 g/mol. The molecule has 2 amide bonds. The zero-order valence-corrected chi connectivity index (χ0v) is 17.1. The molecule has 1 N–H and O–H groups in total. The lowest BCUT2D eigenvalue weighted by Gasteiger charge is -2.05. The second kappa shape index (κ2) is 7.68. The minimum absolute atomic E-state index is 0.298. The summed E-state index contributed by atoms with van der Waals surface area (Å²) in [5, 5.41) is 9.32. The zero-order valence-electron chi connectivity index (χ0n) is 17.1. The SMILES string of the molecule is CN1C(=O)C(c2cn(CCCc3ccccc3)nn2)=C(c2c[nH]c3ccccc23)C1=O. The first kappa shape index (κ1) is 19.0. The summed E-state index contributed by atoms with van der Waals surface area (Å²) >= 11 is 0. The summed E-state index contributed by atoms with van der Waals surface area (Å²) in [6.07, 6.45) is 5.35. The Bertz CT molecular complexity index is 1320. The van der Waals surface area contributed by atoms with Gasteiger partial charge in [-0.15, -0.1) is 5.10 Å². The van der Waals surface area contributed by atoms with Crippen molar-refractivity contribution >= 4 is 33.9 Å². The second-order valence-electron chi connectivity index (χ2n) is 7.62. The number of aromatic nitrogens is 4. The molecule has 2 aromatic heterocycles. The summed E-state index contributed by atoms with van der Waals surface area (Å²) in [5.74, 6) is -0.690. The third kappa shape index (κ3) is 3.34. The normalized spacial score (nSPS) is 14.3. The number of aromatic amines is 1. The van der Waals surface area contributed by atoms with Crippen LogP contribution in [0.1, 0.15) is 23.2 Å². The molecule has 7 heteroatoms. The monoisotopic (exact) mass is 411 g/mol. The number of nitrogens with zero attached hydrogens (tertiary/aromatic N) is 4. The number of fused-ring (bicyclic) bond motifs is 1. The van der Waals surface area contributed by atoms with Gasteiger partial charge in [-0.25, -0.2) is 0 Å². The van der Waals surface area contributed by atoms with E-state index in [4.69, 9.17) is 0 Å². The molecule has 31 heavy (non-hydrogen) atoms. The molecule has 3 heterocycles. The van der Waals surface area contributed by atoms with E-state index in [9.17, 15) is 9.59 Å². The number of benzene rings is 2. The topological polar surface area (TPSA) is 83.9 Å². The molecule has 5 rings (SSSR count). The second-order valence-corrected chi connectivity index (χ2v) is 7.62. The fraction of sp³-hybridized carbons (Fsp3) is 0.167. The van der Waals surface area contributed by atoms with Crippen LogP contribution < -0.4 is 0 Å². The summed E-state index contributed by atoms with van der Waals surface area (Å²) in [4.78, 5) is 30.2. The third-order valence-electron chi connectivity index (χ3n) is 5.64. The van der Waals surface area contributed by atoms with E-state index in [-0.39, 0.29) is 11.8 Å². The fourth-order valence-electron chi connectivity index (χ4n) is 4.02. The van der Waals surface area contributed by atoms with Gasteiger partial charge in [-0.05, 0) is 24.5 Å². The van der Waals surface area contributed by atoms with Crippen molar-refractivity contribution in [2.24, 2.45) is 0 Å². The van der Waals surface area contributed by atoms with Crippen molar-refractivity contribution in [1.29, 1.82) is 0 Å². The molecule has 0 saturated heterocycles. The van der Waals surface area contributed by atoms with Crippen LogP contribution in [0.5, 0.6) is 0 Å². The van der Waals surface area contributed by atoms with Crippen LogP contribution in [0, 0.1) is 0 Å². The van der Waals surface area contributed by atoms with Crippen LogP contribution in [0.25, 0.3) is 22.0 Å². The van der Waals surface area contributed by atoms with Gasteiger partial charge in [0.25, 0.3) is 11.8 Å². The highest BCUT2D eigenvalue weighted by atomic mass is 16.2. The number of carbonyl (C=O) groups is 2. The quantitative estimate of drug-likeness (QED) is 0.494. The van der Waals surface area contributed by atoms with E-state index < -0.39 is 0 Å². The van der Waals surface area contributed by atoms with Gasteiger partial charge in [-0.2, -0.15) is 0 Å². The van der Waals surface area contributed by atoms with Crippen LogP contribution in [-0.2, 0) is 22.6 Å². The van der Waals surface area contributed by atoms with E-state index in [0.717, 1.165) is 28.6 Å². The van der Waals surface area contributed by atoms with Gasteiger partial charge in [0.1, 0.15) is 5.69 Å². The standard InChI is InChI=1S/C24H21N5O2/c1-28-23(30)21(18-14-25-19-12-6-5-11-17(18)19)22(24(28)31)20-15-29(27-26-20)13-7-10-16-8-3-2-4-9-16/h2-6,8-9,11-12,14-15,25H,7,10,13H2,1H3. The van der Waals surface area contributed by atoms with Crippen LogP contribution in [0.4, 0.5) is 0 Å². The van der Waals surface area contributed by atoms with Crippen molar-refractivity contribution in [2.75, 3.05) is 7.05 Å². The maximum atomic E-state index is 13.0. The fourth-order valence-corrected chi connectivity index (χ4v) is 4.02. The molecule has 0 atom stereocenters. The molecule has 0 saturated carbocycles. The Balaban J connectivity index is 1.47. The minimum atomic E-state index is -0.360. The number of para-hydroxylation sites is 1. The van der Waals surface area contributed by atoms with E-state index in [2.05, 4.69) is 27.4 Å². The molecule has 1 aliphatic rings. The number of amides is 2. The summed E-state index contributed by atoms with van der Waals surface area (Å²) in [6, 6.07) is 18.0. The Labute approximate surface area is 179 Å². The van der Waals surface area contributed by atoms with Crippen molar-refractivity contribution in [3.8, 4) is 0 Å². The number of imide groups is 1. The lowest BCUT2D eigenvalue weighted by atomic mass is 9.99. The Morgan fingerprint density at radius 3 is 2.52 bits per heavy atom. The molecule has 0 unspecified atom stereocenters. The van der Waals surface area contributed by atoms with Crippen molar-refractivity contribution in [1.82, 2.24) is 24.9 Å². The van der Waals surface area contributed by atoms with Crippen molar-refractivity contribution in [3.05, 3.63) is 83.8 Å². The average Bonchev–Trinajstić information content (AvgIpc) is 3.48. The maximum Gasteiger partial charge on any atom is 0.263 e. The highest BCUT2D eigenvalue weighted by molar-refractivity contribution is 6.49. The van der Waals surface area contributed by atoms with Crippen molar-refractivity contribution in [2.45, 2.75) is 19.4 Å². The van der Waals surface area contributed by atoms with Gasteiger partial charge in [-0.1, -0.05) is 53.7 Å².